The summed E-state index contributed by atoms with van der Waals surface area (Å²) in [5.41, 5.74) is 13.5. The van der Waals surface area contributed by atoms with E-state index in [1.165, 1.54) is 17.4 Å². The molecule has 4 heteroatoms. The molecule has 0 radical (unpaired) electrons. The van der Waals surface area contributed by atoms with E-state index in [9.17, 15) is 0 Å². The summed E-state index contributed by atoms with van der Waals surface area (Å²) < 4.78 is 0. The zero-order valence-corrected chi connectivity index (χ0v) is 29.5. The third-order valence-corrected chi connectivity index (χ3v) is 14.2. The molecule has 8 bridgehead atoms. The lowest BCUT2D eigenvalue weighted by molar-refractivity contribution is 0.628. The summed E-state index contributed by atoms with van der Waals surface area (Å²) in [7, 11) is -0.774. The normalized spacial score (nSPS) is 21.9. The Labute approximate surface area is 290 Å². The summed E-state index contributed by atoms with van der Waals surface area (Å²) in [6.45, 7) is 9.73. The third-order valence-electron chi connectivity index (χ3n) is 10.9. The summed E-state index contributed by atoms with van der Waals surface area (Å²) in [5.74, 6) is 0. The Morgan fingerprint density at radius 2 is 1.14 bits per heavy atom. The van der Waals surface area contributed by atoms with Gasteiger partial charge < -0.3 is 4.98 Å². The van der Waals surface area contributed by atoms with Gasteiger partial charge in [-0.25, -0.2) is 4.99 Å². The molecule has 49 heavy (non-hydrogen) atoms. The van der Waals surface area contributed by atoms with Gasteiger partial charge in [0, 0.05) is 33.4 Å². The van der Waals surface area contributed by atoms with Gasteiger partial charge >= 0.3 is 0 Å². The second-order valence-corrected chi connectivity index (χ2v) is 16.7. The molecule has 1 atom stereocenters. The Kier molecular flexibility index (Phi) is 6.94. The fraction of sp³-hybridized carbons (Fsp3) is 0.200. The van der Waals surface area contributed by atoms with E-state index in [2.05, 4.69) is 160 Å². The lowest BCUT2D eigenvalue weighted by atomic mass is 9.81. The van der Waals surface area contributed by atoms with Crippen molar-refractivity contribution in [3.63, 3.8) is 0 Å². The number of allylic oxidation sites excluding steroid dienone is 5. The van der Waals surface area contributed by atoms with Crippen LogP contribution in [0, 0.1) is 0 Å². The highest BCUT2D eigenvalue weighted by Gasteiger charge is 2.43. The minimum absolute atomic E-state index is 0.217. The summed E-state index contributed by atoms with van der Waals surface area (Å²) in [5, 5.41) is 4.61. The number of aliphatic imine (C=N–C) groups is 2. The molecule has 240 valence electrons. The fourth-order valence-corrected chi connectivity index (χ4v) is 12.1. The number of benzene rings is 3. The van der Waals surface area contributed by atoms with Gasteiger partial charge in [0.25, 0.3) is 0 Å². The van der Waals surface area contributed by atoms with E-state index < -0.39 is 7.53 Å². The first-order chi connectivity index (χ1) is 23.8. The number of aromatic nitrogens is 1. The summed E-state index contributed by atoms with van der Waals surface area (Å²) >= 11 is 0. The third kappa shape index (κ3) is 4.71. The minimum atomic E-state index is -0.774. The molecule has 0 saturated heterocycles. The number of hydrogen-bond acceptors (Lipinski definition) is 2. The minimum Gasteiger partial charge on any atom is -0.358 e. The van der Waals surface area contributed by atoms with Crippen molar-refractivity contribution in [1.82, 2.24) is 4.98 Å². The van der Waals surface area contributed by atoms with Crippen molar-refractivity contribution >= 4 is 30.1 Å². The zero-order chi connectivity index (χ0) is 33.3. The molecule has 4 aliphatic rings. The first-order valence-corrected chi connectivity index (χ1v) is 18.8. The Morgan fingerprint density at radius 3 is 1.82 bits per heavy atom. The van der Waals surface area contributed by atoms with Crippen LogP contribution >= 0.6 is 7.53 Å². The molecule has 9 rings (SSSR count). The Balaban J connectivity index is 1.41. The molecule has 3 aliphatic heterocycles. The van der Waals surface area contributed by atoms with Crippen molar-refractivity contribution < 1.29 is 0 Å². The van der Waals surface area contributed by atoms with Gasteiger partial charge in [-0.1, -0.05) is 98.5 Å². The number of aromatic amines is 1. The van der Waals surface area contributed by atoms with E-state index >= 15 is 0 Å². The first-order valence-electron chi connectivity index (χ1n) is 17.5. The van der Waals surface area contributed by atoms with Crippen LogP contribution in [0.1, 0.15) is 78.3 Å². The van der Waals surface area contributed by atoms with E-state index in [0.29, 0.717) is 0 Å². The van der Waals surface area contributed by atoms with Gasteiger partial charge in [0.05, 0.1) is 22.8 Å². The van der Waals surface area contributed by atoms with Gasteiger partial charge in [-0.2, -0.15) is 0 Å². The monoisotopic (exact) mass is 653 g/mol. The van der Waals surface area contributed by atoms with E-state index in [-0.39, 0.29) is 10.8 Å². The predicted octanol–water partition coefficient (Wildman–Crippen LogP) is 11.3. The molecule has 5 heterocycles. The van der Waals surface area contributed by atoms with Crippen molar-refractivity contribution in [2.24, 2.45) is 9.98 Å². The number of fused-ring (bicyclic) bond motifs is 9. The lowest BCUT2D eigenvalue weighted by Gasteiger charge is -2.31. The van der Waals surface area contributed by atoms with Crippen LogP contribution in [0.3, 0.4) is 0 Å². The molecule has 1 aliphatic carbocycles. The van der Waals surface area contributed by atoms with Crippen LogP contribution in [0.15, 0.2) is 149 Å². The standard InChI is InChI=1S/C45H40N3P/c1-44(2)38-27-25-36(47-38)40(29-15-8-5-9-16-29)34-23-24-35(46-34)41(30-17-10-6-11-18-30)37-26-28-39(48-37)45(3,4)43-33-22-14-21-32(33)42(44)49(43)31-19-12-7-13-20-31/h5-13,15-20,23-28,47H,14,21-22H2,1-4H3/b40-34-,41-37-. The molecule has 3 nitrogen and oxygen atoms in total. The Bertz CT molecular complexity index is 2320. The van der Waals surface area contributed by atoms with E-state index in [0.717, 1.165) is 63.6 Å². The topological polar surface area (TPSA) is 40.5 Å². The Morgan fingerprint density at radius 1 is 0.571 bits per heavy atom. The van der Waals surface area contributed by atoms with Crippen LogP contribution in [-0.4, -0.2) is 16.4 Å². The molecule has 0 amide bonds. The van der Waals surface area contributed by atoms with E-state index in [1.54, 1.807) is 21.7 Å². The smallest absolute Gasteiger partial charge is 0.0738 e. The lowest BCUT2D eigenvalue weighted by Crippen LogP contribution is -2.27. The van der Waals surface area contributed by atoms with Crippen molar-refractivity contribution in [3.8, 4) is 5.30 Å². The maximum atomic E-state index is 5.54. The predicted molar refractivity (Wildman–Crippen MR) is 207 cm³/mol. The quantitative estimate of drug-likeness (QED) is 0.201. The summed E-state index contributed by atoms with van der Waals surface area (Å²) in [6.07, 6.45) is 12.3. The highest BCUT2D eigenvalue weighted by atomic mass is 31.1. The SMILES string of the molecule is CC1(C)C2=N/C(=C(/c3ccccc3)C3=N/C(=C(/c4ccccc4)c4ccc([nH]4)C(C)(C)c4c5c(c1p4-c1ccccc1)CCC5)C=C3)C=C2. The zero-order valence-electron chi connectivity index (χ0n) is 28.6. The average Bonchev–Trinajstić information content (AvgIpc) is 3.95. The van der Waals surface area contributed by atoms with Crippen LogP contribution in [0.25, 0.3) is 16.5 Å². The second kappa shape index (κ2) is 11.3. The summed E-state index contributed by atoms with van der Waals surface area (Å²) in [6, 6.07) is 37.3. The van der Waals surface area contributed by atoms with Crippen LogP contribution in [0.2, 0.25) is 0 Å². The van der Waals surface area contributed by atoms with Crippen LogP contribution in [0.5, 0.6) is 0 Å². The van der Waals surface area contributed by atoms with Crippen molar-refractivity contribution in [2.75, 3.05) is 0 Å². The van der Waals surface area contributed by atoms with Crippen LogP contribution in [0.4, 0.5) is 0 Å². The van der Waals surface area contributed by atoms with Gasteiger partial charge in [0.1, 0.15) is 0 Å². The number of nitrogens with one attached hydrogen (secondary N) is 1. The molecule has 3 aromatic carbocycles. The fourth-order valence-electron chi connectivity index (χ4n) is 8.52. The molecule has 1 unspecified atom stereocenters. The number of H-pyrrole nitrogens is 1. The van der Waals surface area contributed by atoms with Crippen molar-refractivity contribution in [1.29, 1.82) is 0 Å². The molecule has 0 fully saturated rings. The average molecular weight is 654 g/mol. The molecule has 2 aromatic heterocycles. The van der Waals surface area contributed by atoms with Gasteiger partial charge in [0.15, 0.2) is 0 Å². The maximum Gasteiger partial charge on any atom is 0.0738 e. The number of nitrogens with zero attached hydrogens (tertiary/aromatic N) is 2. The first kappa shape index (κ1) is 30.1. The van der Waals surface area contributed by atoms with Gasteiger partial charge in [0.2, 0.25) is 0 Å². The van der Waals surface area contributed by atoms with Crippen molar-refractivity contribution in [2.45, 2.75) is 57.8 Å². The van der Waals surface area contributed by atoms with Crippen molar-refractivity contribution in [3.05, 3.63) is 183 Å². The highest BCUT2D eigenvalue weighted by molar-refractivity contribution is 7.59. The largest absolute Gasteiger partial charge is 0.358 e. The Hall–Kier alpha value is -4.98. The second-order valence-electron chi connectivity index (χ2n) is 14.6. The van der Waals surface area contributed by atoms with E-state index in [4.69, 9.17) is 9.98 Å². The molecule has 0 saturated carbocycles. The molecular formula is C45H40N3P. The van der Waals surface area contributed by atoms with Crippen LogP contribution in [-0.2, 0) is 23.7 Å². The van der Waals surface area contributed by atoms with Crippen LogP contribution < -0.4 is 0 Å². The summed E-state index contributed by atoms with van der Waals surface area (Å²) in [4.78, 5) is 14.9. The van der Waals surface area contributed by atoms with Gasteiger partial charge in [-0.3, -0.25) is 4.99 Å². The molecule has 5 aromatic rings. The molecule has 0 spiro atoms. The van der Waals surface area contributed by atoms with E-state index in [1.807, 2.05) is 0 Å². The maximum absolute atomic E-state index is 5.54. The number of rotatable bonds is 3. The molecular weight excluding hydrogens is 613 g/mol. The van der Waals surface area contributed by atoms with Gasteiger partial charge in [-0.05, 0) is 122 Å². The molecule has 1 N–H and O–H groups in total. The number of hydrogen-bond donors (Lipinski definition) is 1. The highest BCUT2D eigenvalue weighted by Crippen LogP contribution is 2.63. The van der Waals surface area contributed by atoms with Gasteiger partial charge in [-0.15, -0.1) is 0 Å².